The molecule has 90 valence electrons. The lowest BCUT2D eigenvalue weighted by Gasteiger charge is -2.13. The minimum absolute atomic E-state index is 0.00104. The Labute approximate surface area is 96.3 Å². The zero-order chi connectivity index (χ0) is 12.5. The molecule has 4 heteroatoms. The Morgan fingerprint density at radius 2 is 2.12 bits per heavy atom. The smallest absolute Gasteiger partial charge is 0.304 e. The Morgan fingerprint density at radius 3 is 2.50 bits per heavy atom. The number of hydrogen-bond acceptors (Lipinski definition) is 2. The fourth-order valence-electron chi connectivity index (χ4n) is 1.68. The van der Waals surface area contributed by atoms with Gasteiger partial charge in [-0.2, -0.15) is 5.10 Å². The average Bonchev–Trinajstić information content (AvgIpc) is 2.44. The van der Waals surface area contributed by atoms with Gasteiger partial charge in [0, 0.05) is 24.1 Å². The molecule has 16 heavy (non-hydrogen) atoms. The van der Waals surface area contributed by atoms with Crippen LogP contribution in [0.3, 0.4) is 0 Å². The highest BCUT2D eigenvalue weighted by atomic mass is 16.4. The molecule has 0 radical (unpaired) electrons. The molecule has 1 heterocycles. The van der Waals surface area contributed by atoms with E-state index in [0.29, 0.717) is 0 Å². The topological polar surface area (TPSA) is 55.1 Å². The summed E-state index contributed by atoms with van der Waals surface area (Å²) < 4.78 is 1.79. The lowest BCUT2D eigenvalue weighted by molar-refractivity contribution is -0.137. The monoisotopic (exact) mass is 224 g/mol. The minimum atomic E-state index is -0.772. The van der Waals surface area contributed by atoms with Crippen LogP contribution in [0.5, 0.6) is 0 Å². The number of carbonyl (C=O) groups is 1. The molecule has 0 aliphatic rings. The van der Waals surface area contributed by atoms with Crippen molar-refractivity contribution in [3.05, 3.63) is 17.5 Å². The molecule has 0 aromatic carbocycles. The normalized spacial score (nSPS) is 13.8. The Hall–Kier alpha value is -1.32. The molecule has 1 N–H and O–H groups in total. The third-order valence-electron chi connectivity index (χ3n) is 2.67. The number of aromatic nitrogens is 2. The molecule has 4 nitrogen and oxygen atoms in total. The highest BCUT2D eigenvalue weighted by Crippen LogP contribution is 2.26. The van der Waals surface area contributed by atoms with Crippen molar-refractivity contribution in [2.45, 2.75) is 45.4 Å². The van der Waals surface area contributed by atoms with Crippen molar-refractivity contribution >= 4 is 5.97 Å². The molecule has 1 aromatic heterocycles. The van der Waals surface area contributed by atoms with Crippen molar-refractivity contribution in [1.29, 1.82) is 0 Å². The molecular weight excluding hydrogens is 204 g/mol. The van der Waals surface area contributed by atoms with Gasteiger partial charge in [-0.3, -0.25) is 9.48 Å². The first-order valence-corrected chi connectivity index (χ1v) is 5.48. The largest absolute Gasteiger partial charge is 0.481 e. The standard InChI is InChI=1S/C12H20N2O2/c1-8(6-11(15)16)9-7-10(12(2,3)4)13-14(9)5/h7-8H,6H2,1-5H3,(H,15,16). The molecule has 0 aliphatic heterocycles. The van der Waals surface area contributed by atoms with Gasteiger partial charge in [0.1, 0.15) is 0 Å². The number of carboxylic acid groups (broad SMARTS) is 1. The number of nitrogens with zero attached hydrogens (tertiary/aromatic N) is 2. The van der Waals surface area contributed by atoms with Crippen molar-refractivity contribution in [3.8, 4) is 0 Å². The van der Waals surface area contributed by atoms with Gasteiger partial charge >= 0.3 is 5.97 Å². The summed E-state index contributed by atoms with van der Waals surface area (Å²) in [5, 5.41) is 13.2. The fraction of sp³-hybridized carbons (Fsp3) is 0.667. The maximum atomic E-state index is 10.7. The van der Waals surface area contributed by atoms with Crippen LogP contribution in [0.2, 0.25) is 0 Å². The van der Waals surface area contributed by atoms with E-state index in [1.54, 1.807) is 4.68 Å². The summed E-state index contributed by atoms with van der Waals surface area (Å²) in [6, 6.07) is 2.01. The quantitative estimate of drug-likeness (QED) is 0.857. The summed E-state index contributed by atoms with van der Waals surface area (Å²) in [6.45, 7) is 8.21. The third-order valence-corrected chi connectivity index (χ3v) is 2.67. The number of rotatable bonds is 3. The first-order valence-electron chi connectivity index (χ1n) is 5.48. The number of carboxylic acids is 1. The Bertz CT molecular complexity index is 388. The van der Waals surface area contributed by atoms with E-state index in [0.717, 1.165) is 11.4 Å². The SMILES string of the molecule is CC(CC(=O)O)c1cc(C(C)(C)C)nn1C. The van der Waals surface area contributed by atoms with Gasteiger partial charge in [-0.25, -0.2) is 0 Å². The molecule has 0 spiro atoms. The van der Waals surface area contributed by atoms with Gasteiger partial charge in [0.2, 0.25) is 0 Å². The summed E-state index contributed by atoms with van der Waals surface area (Å²) in [6.07, 6.45) is 0.142. The Morgan fingerprint density at radius 1 is 1.56 bits per heavy atom. The van der Waals surface area contributed by atoms with Crippen molar-refractivity contribution < 1.29 is 9.90 Å². The maximum Gasteiger partial charge on any atom is 0.304 e. The first kappa shape index (κ1) is 12.7. The number of aliphatic carboxylic acids is 1. The van der Waals surface area contributed by atoms with E-state index in [1.807, 2.05) is 20.0 Å². The van der Waals surface area contributed by atoms with E-state index < -0.39 is 5.97 Å². The van der Waals surface area contributed by atoms with Gasteiger partial charge in [-0.05, 0) is 6.07 Å². The van der Waals surface area contributed by atoms with Crippen molar-refractivity contribution in [3.63, 3.8) is 0 Å². The zero-order valence-corrected chi connectivity index (χ0v) is 10.6. The van der Waals surface area contributed by atoms with Gasteiger partial charge in [0.05, 0.1) is 12.1 Å². The van der Waals surface area contributed by atoms with Gasteiger partial charge in [0.15, 0.2) is 0 Å². The van der Waals surface area contributed by atoms with Crippen LogP contribution >= 0.6 is 0 Å². The van der Waals surface area contributed by atoms with Crippen molar-refractivity contribution in [1.82, 2.24) is 9.78 Å². The predicted octanol–water partition coefficient (Wildman–Crippen LogP) is 2.30. The molecule has 0 aliphatic carbocycles. The van der Waals surface area contributed by atoms with Gasteiger partial charge in [-0.1, -0.05) is 27.7 Å². The van der Waals surface area contributed by atoms with Crippen LogP contribution in [-0.4, -0.2) is 20.9 Å². The van der Waals surface area contributed by atoms with Crippen LogP contribution in [0.15, 0.2) is 6.07 Å². The lowest BCUT2D eigenvalue weighted by atomic mass is 9.91. The van der Waals surface area contributed by atoms with Crippen LogP contribution in [0, 0.1) is 0 Å². The second-order valence-electron chi connectivity index (χ2n) is 5.33. The van der Waals surface area contributed by atoms with Crippen LogP contribution in [0.25, 0.3) is 0 Å². The van der Waals surface area contributed by atoms with Crippen LogP contribution in [0.4, 0.5) is 0 Å². The molecule has 0 fully saturated rings. The summed E-state index contributed by atoms with van der Waals surface area (Å²) in [4.78, 5) is 10.7. The van der Waals surface area contributed by atoms with Gasteiger partial charge in [-0.15, -0.1) is 0 Å². The summed E-state index contributed by atoms with van der Waals surface area (Å²) >= 11 is 0. The van der Waals surface area contributed by atoms with E-state index in [-0.39, 0.29) is 17.8 Å². The average molecular weight is 224 g/mol. The molecule has 0 saturated heterocycles. The molecule has 1 rings (SSSR count). The lowest BCUT2D eigenvalue weighted by Crippen LogP contribution is -2.12. The van der Waals surface area contributed by atoms with Crippen molar-refractivity contribution in [2.24, 2.45) is 7.05 Å². The predicted molar refractivity (Wildman–Crippen MR) is 62.6 cm³/mol. The second-order valence-corrected chi connectivity index (χ2v) is 5.33. The summed E-state index contributed by atoms with van der Waals surface area (Å²) in [7, 11) is 1.86. The van der Waals surface area contributed by atoms with E-state index in [9.17, 15) is 4.79 Å². The molecule has 1 unspecified atom stereocenters. The number of hydrogen-bond donors (Lipinski definition) is 1. The fourth-order valence-corrected chi connectivity index (χ4v) is 1.68. The van der Waals surface area contributed by atoms with Gasteiger partial charge in [0.25, 0.3) is 0 Å². The van der Waals surface area contributed by atoms with Gasteiger partial charge < -0.3 is 5.11 Å². The molecule has 1 atom stereocenters. The van der Waals surface area contributed by atoms with Crippen LogP contribution < -0.4 is 0 Å². The third kappa shape index (κ3) is 2.84. The molecule has 0 saturated carbocycles. The first-order chi connectivity index (χ1) is 7.21. The Kier molecular flexibility index (Phi) is 3.41. The second kappa shape index (κ2) is 4.28. The van der Waals surface area contributed by atoms with Crippen LogP contribution in [-0.2, 0) is 17.3 Å². The summed E-state index contributed by atoms with van der Waals surface area (Å²) in [5.74, 6) is -0.780. The zero-order valence-electron chi connectivity index (χ0n) is 10.6. The van der Waals surface area contributed by atoms with E-state index >= 15 is 0 Å². The van der Waals surface area contributed by atoms with Crippen molar-refractivity contribution in [2.75, 3.05) is 0 Å². The van der Waals surface area contributed by atoms with E-state index in [4.69, 9.17) is 5.11 Å². The summed E-state index contributed by atoms with van der Waals surface area (Å²) in [5.41, 5.74) is 1.98. The highest BCUT2D eigenvalue weighted by Gasteiger charge is 2.21. The molecular formula is C12H20N2O2. The number of aryl methyl sites for hydroxylation is 1. The van der Waals surface area contributed by atoms with E-state index in [2.05, 4.69) is 25.9 Å². The van der Waals surface area contributed by atoms with Crippen LogP contribution in [0.1, 0.15) is 51.4 Å². The van der Waals surface area contributed by atoms with E-state index in [1.165, 1.54) is 0 Å². The molecule has 0 bridgehead atoms. The highest BCUT2D eigenvalue weighted by molar-refractivity contribution is 5.67. The molecule has 1 aromatic rings. The minimum Gasteiger partial charge on any atom is -0.481 e. The Balaban J connectivity index is 2.98. The molecule has 0 amide bonds. The maximum absolute atomic E-state index is 10.7.